The number of ether oxygens (including phenoxy) is 2. The molecule has 2 aliphatic heterocycles. The van der Waals surface area contributed by atoms with E-state index < -0.39 is 5.60 Å². The molecule has 1 aromatic heterocycles. The number of piperazine rings is 1. The van der Waals surface area contributed by atoms with Gasteiger partial charge in [0.2, 0.25) is 0 Å². The minimum atomic E-state index is -0.533. The van der Waals surface area contributed by atoms with Crippen LogP contribution in [0.25, 0.3) is 5.69 Å². The van der Waals surface area contributed by atoms with Crippen LogP contribution in [0.15, 0.2) is 54.7 Å². The Kier molecular flexibility index (Phi) is 8.24. The first-order valence-corrected chi connectivity index (χ1v) is 14.4. The van der Waals surface area contributed by atoms with E-state index in [0.717, 1.165) is 48.7 Å². The number of likely N-dealkylation sites (tertiary alicyclic amines) is 1. The van der Waals surface area contributed by atoms with Crippen LogP contribution in [0.4, 0.5) is 10.5 Å². The predicted octanol–water partition coefficient (Wildman–Crippen LogP) is 5.27. The molecule has 0 radical (unpaired) electrons. The average Bonchev–Trinajstić information content (AvgIpc) is 3.42. The normalized spacial score (nSPS) is 16.6. The molecule has 3 aromatic rings. The van der Waals surface area contributed by atoms with Crippen molar-refractivity contribution in [3.05, 3.63) is 71.5 Å². The van der Waals surface area contributed by atoms with Gasteiger partial charge in [-0.1, -0.05) is 17.7 Å². The number of carbonyl (C=O) groups excluding carboxylic acids is 2. The van der Waals surface area contributed by atoms with Crippen LogP contribution in [0.5, 0.6) is 5.75 Å². The Morgan fingerprint density at radius 1 is 0.829 bits per heavy atom. The van der Waals surface area contributed by atoms with E-state index in [2.05, 4.69) is 36.1 Å². The molecule has 41 heavy (non-hydrogen) atoms. The monoisotopic (exact) mass is 559 g/mol. The van der Waals surface area contributed by atoms with Crippen molar-refractivity contribution in [1.82, 2.24) is 19.6 Å². The Labute approximate surface area is 242 Å². The summed E-state index contributed by atoms with van der Waals surface area (Å²) in [6.07, 6.45) is 2.92. The molecular formula is C32H41N5O4. The highest BCUT2D eigenvalue weighted by atomic mass is 16.6. The lowest BCUT2D eigenvalue weighted by Crippen LogP contribution is -2.49. The van der Waals surface area contributed by atoms with Gasteiger partial charge in [-0.05, 0) is 76.9 Å². The van der Waals surface area contributed by atoms with E-state index in [9.17, 15) is 9.59 Å². The zero-order valence-corrected chi connectivity index (χ0v) is 24.8. The number of aryl methyl sites for hydroxylation is 1. The Morgan fingerprint density at radius 3 is 2.02 bits per heavy atom. The van der Waals surface area contributed by atoms with Gasteiger partial charge in [0, 0.05) is 50.9 Å². The SMILES string of the molecule is COc1ccc(N2CCN(C(=O)c3cnn(-c4ccc(C)cc4)c3C3CCN(C(=O)OC(C)(C)C)CC3)CC2)cc1. The van der Waals surface area contributed by atoms with Crippen molar-refractivity contribution >= 4 is 17.7 Å². The summed E-state index contributed by atoms with van der Waals surface area (Å²) in [5.41, 5.74) is 4.28. The van der Waals surface area contributed by atoms with Gasteiger partial charge in [0.05, 0.1) is 30.3 Å². The minimum absolute atomic E-state index is 0.0160. The van der Waals surface area contributed by atoms with Crippen LogP contribution in [0.1, 0.15) is 61.1 Å². The van der Waals surface area contributed by atoms with Crippen molar-refractivity contribution in [2.24, 2.45) is 0 Å². The summed E-state index contributed by atoms with van der Waals surface area (Å²) >= 11 is 0. The van der Waals surface area contributed by atoms with Gasteiger partial charge >= 0.3 is 6.09 Å². The number of amides is 2. The molecule has 0 aliphatic carbocycles. The summed E-state index contributed by atoms with van der Waals surface area (Å²) < 4.78 is 12.8. The van der Waals surface area contributed by atoms with Gasteiger partial charge in [0.25, 0.3) is 5.91 Å². The largest absolute Gasteiger partial charge is 0.497 e. The van der Waals surface area contributed by atoms with E-state index in [4.69, 9.17) is 14.6 Å². The molecule has 2 aliphatic rings. The predicted molar refractivity (Wildman–Crippen MR) is 159 cm³/mol. The van der Waals surface area contributed by atoms with E-state index in [-0.39, 0.29) is 17.9 Å². The highest BCUT2D eigenvalue weighted by Gasteiger charge is 2.34. The molecule has 3 heterocycles. The van der Waals surface area contributed by atoms with Crippen LogP contribution in [0, 0.1) is 6.92 Å². The van der Waals surface area contributed by atoms with Crippen LogP contribution < -0.4 is 9.64 Å². The third-order valence-corrected chi connectivity index (χ3v) is 7.85. The fraction of sp³-hybridized carbons (Fsp3) is 0.469. The molecule has 0 N–H and O–H groups in total. The summed E-state index contributed by atoms with van der Waals surface area (Å²) in [6.45, 7) is 11.6. The molecule has 218 valence electrons. The lowest BCUT2D eigenvalue weighted by Gasteiger charge is -2.37. The molecule has 9 nitrogen and oxygen atoms in total. The molecular weight excluding hydrogens is 518 g/mol. The molecule has 0 saturated carbocycles. The number of carbonyl (C=O) groups is 2. The molecule has 0 unspecified atom stereocenters. The summed E-state index contributed by atoms with van der Waals surface area (Å²) in [5.74, 6) is 0.942. The molecule has 2 aromatic carbocycles. The smallest absolute Gasteiger partial charge is 0.410 e. The van der Waals surface area contributed by atoms with Crippen LogP contribution in [-0.4, -0.2) is 83.6 Å². The van der Waals surface area contributed by atoms with Gasteiger partial charge in [-0.25, -0.2) is 9.48 Å². The first kappa shape index (κ1) is 28.5. The summed E-state index contributed by atoms with van der Waals surface area (Å²) in [5, 5.41) is 4.73. The van der Waals surface area contributed by atoms with E-state index in [0.29, 0.717) is 31.7 Å². The van der Waals surface area contributed by atoms with E-state index in [1.54, 1.807) is 18.2 Å². The highest BCUT2D eigenvalue weighted by Crippen LogP contribution is 2.34. The number of piperidine rings is 1. The quantitative estimate of drug-likeness (QED) is 0.424. The van der Waals surface area contributed by atoms with Crippen molar-refractivity contribution in [3.8, 4) is 11.4 Å². The molecule has 0 atom stereocenters. The summed E-state index contributed by atoms with van der Waals surface area (Å²) in [4.78, 5) is 32.7. The van der Waals surface area contributed by atoms with Gasteiger partial charge in [-0.2, -0.15) is 5.10 Å². The zero-order valence-electron chi connectivity index (χ0n) is 24.8. The maximum atomic E-state index is 14.0. The van der Waals surface area contributed by atoms with E-state index >= 15 is 0 Å². The fourth-order valence-corrected chi connectivity index (χ4v) is 5.60. The molecule has 5 rings (SSSR count). The number of benzene rings is 2. The van der Waals surface area contributed by atoms with Crippen molar-refractivity contribution in [3.63, 3.8) is 0 Å². The van der Waals surface area contributed by atoms with Gasteiger partial charge in [-0.15, -0.1) is 0 Å². The van der Waals surface area contributed by atoms with Gasteiger partial charge in [-0.3, -0.25) is 4.79 Å². The Balaban J connectivity index is 1.34. The van der Waals surface area contributed by atoms with Crippen molar-refractivity contribution in [2.45, 2.75) is 52.1 Å². The Hall–Kier alpha value is -4.01. The van der Waals surface area contributed by atoms with Gasteiger partial charge in [0.15, 0.2) is 0 Å². The zero-order chi connectivity index (χ0) is 29.1. The van der Waals surface area contributed by atoms with Crippen molar-refractivity contribution in [2.75, 3.05) is 51.3 Å². The highest BCUT2D eigenvalue weighted by molar-refractivity contribution is 5.95. The number of aromatic nitrogens is 2. The number of hydrogen-bond acceptors (Lipinski definition) is 6. The summed E-state index contributed by atoms with van der Waals surface area (Å²) in [7, 11) is 1.67. The molecule has 0 bridgehead atoms. The molecule has 2 saturated heterocycles. The van der Waals surface area contributed by atoms with Crippen LogP contribution in [0.2, 0.25) is 0 Å². The van der Waals surface area contributed by atoms with Crippen molar-refractivity contribution in [1.29, 1.82) is 0 Å². The first-order chi connectivity index (χ1) is 19.6. The number of anilines is 1. The minimum Gasteiger partial charge on any atom is -0.497 e. The Bertz CT molecular complexity index is 1340. The standard InChI is InChI=1S/C32H41N5O4/c1-23-6-8-26(9-7-23)37-29(24-14-16-36(17-15-24)31(39)41-32(2,3)4)28(22-33-37)30(38)35-20-18-34(19-21-35)25-10-12-27(40-5)13-11-25/h6-13,22,24H,14-21H2,1-5H3. The lowest BCUT2D eigenvalue weighted by molar-refractivity contribution is 0.0203. The maximum Gasteiger partial charge on any atom is 0.410 e. The lowest BCUT2D eigenvalue weighted by atomic mass is 9.90. The second-order valence-corrected chi connectivity index (χ2v) is 11.9. The van der Waals surface area contributed by atoms with Crippen LogP contribution in [0.3, 0.4) is 0 Å². The van der Waals surface area contributed by atoms with Crippen LogP contribution >= 0.6 is 0 Å². The van der Waals surface area contributed by atoms with Gasteiger partial charge in [0.1, 0.15) is 11.4 Å². The molecule has 2 fully saturated rings. The number of methoxy groups -OCH3 is 1. The molecule has 2 amide bonds. The number of hydrogen-bond donors (Lipinski definition) is 0. The number of nitrogens with zero attached hydrogens (tertiary/aromatic N) is 5. The third kappa shape index (κ3) is 6.50. The maximum absolute atomic E-state index is 14.0. The average molecular weight is 560 g/mol. The van der Waals surface area contributed by atoms with Crippen LogP contribution in [-0.2, 0) is 4.74 Å². The van der Waals surface area contributed by atoms with E-state index in [1.807, 2.05) is 54.6 Å². The first-order valence-electron chi connectivity index (χ1n) is 14.4. The molecule has 9 heteroatoms. The summed E-state index contributed by atoms with van der Waals surface area (Å²) in [6, 6.07) is 16.3. The third-order valence-electron chi connectivity index (χ3n) is 7.85. The Morgan fingerprint density at radius 2 is 1.44 bits per heavy atom. The number of rotatable bonds is 5. The topological polar surface area (TPSA) is 80.1 Å². The van der Waals surface area contributed by atoms with Gasteiger partial charge < -0.3 is 24.2 Å². The van der Waals surface area contributed by atoms with E-state index in [1.165, 1.54) is 5.56 Å². The van der Waals surface area contributed by atoms with Crippen molar-refractivity contribution < 1.29 is 19.1 Å². The molecule has 0 spiro atoms. The second kappa shape index (κ2) is 11.8. The second-order valence-electron chi connectivity index (χ2n) is 11.9. The fourth-order valence-electron chi connectivity index (χ4n) is 5.60.